The van der Waals surface area contributed by atoms with Crippen molar-refractivity contribution in [2.45, 2.75) is 13.5 Å². The molecule has 8 heteroatoms. The van der Waals surface area contributed by atoms with Crippen LogP contribution in [0.3, 0.4) is 0 Å². The number of aryl methyl sites for hydroxylation is 1. The molecule has 2 aromatic carbocycles. The van der Waals surface area contributed by atoms with Crippen molar-refractivity contribution in [3.05, 3.63) is 74.6 Å². The minimum absolute atomic E-state index is 0.102. The molecule has 0 radical (unpaired) electrons. The Morgan fingerprint density at radius 1 is 1.12 bits per heavy atom. The van der Waals surface area contributed by atoms with Crippen molar-refractivity contribution < 1.29 is 4.42 Å². The number of hydrogen-bond donors (Lipinski definition) is 0. The molecule has 0 bridgehead atoms. The van der Waals surface area contributed by atoms with Crippen molar-refractivity contribution in [2.75, 3.05) is 0 Å². The molecule has 26 heavy (non-hydrogen) atoms. The summed E-state index contributed by atoms with van der Waals surface area (Å²) in [6, 6.07) is 10.8. The summed E-state index contributed by atoms with van der Waals surface area (Å²) >= 11 is 12.1. The normalized spacial score (nSPS) is 11.2. The summed E-state index contributed by atoms with van der Waals surface area (Å²) in [5.74, 6) is 0.699. The number of hydrogen-bond acceptors (Lipinski definition) is 5. The summed E-state index contributed by atoms with van der Waals surface area (Å²) in [6.07, 6.45) is 1.40. The summed E-state index contributed by atoms with van der Waals surface area (Å²) in [5, 5.41) is 9.09. The van der Waals surface area contributed by atoms with Gasteiger partial charge in [0.25, 0.3) is 5.56 Å². The molecule has 0 atom stereocenters. The van der Waals surface area contributed by atoms with Gasteiger partial charge in [0.05, 0.1) is 22.3 Å². The van der Waals surface area contributed by atoms with E-state index in [-0.39, 0.29) is 12.1 Å². The molecular formula is C18H12Cl2N4O2. The van der Waals surface area contributed by atoms with Gasteiger partial charge in [0.1, 0.15) is 6.54 Å². The van der Waals surface area contributed by atoms with Crippen molar-refractivity contribution in [3.63, 3.8) is 0 Å². The first-order valence-corrected chi connectivity index (χ1v) is 8.50. The van der Waals surface area contributed by atoms with E-state index in [1.165, 1.54) is 10.9 Å². The number of benzene rings is 2. The van der Waals surface area contributed by atoms with E-state index in [1.54, 1.807) is 12.1 Å². The SMILES string of the molecule is Cc1ccc(-c2nnc(Cn3cnc4c(Cl)cc(Cl)cc4c3=O)o2)cc1. The topological polar surface area (TPSA) is 73.8 Å². The van der Waals surface area contributed by atoms with Crippen molar-refractivity contribution >= 4 is 34.1 Å². The van der Waals surface area contributed by atoms with E-state index in [4.69, 9.17) is 27.6 Å². The molecule has 4 aromatic rings. The predicted molar refractivity (Wildman–Crippen MR) is 99.6 cm³/mol. The van der Waals surface area contributed by atoms with Gasteiger partial charge in [0.2, 0.25) is 11.8 Å². The maximum Gasteiger partial charge on any atom is 0.261 e. The molecule has 2 heterocycles. The first-order valence-electron chi connectivity index (χ1n) is 7.75. The molecule has 0 fully saturated rings. The third kappa shape index (κ3) is 3.09. The Balaban J connectivity index is 1.69. The van der Waals surface area contributed by atoms with Crippen LogP contribution < -0.4 is 5.56 Å². The smallest absolute Gasteiger partial charge is 0.261 e. The highest BCUT2D eigenvalue weighted by molar-refractivity contribution is 6.38. The monoisotopic (exact) mass is 386 g/mol. The van der Waals surface area contributed by atoms with Crippen LogP contribution in [0.15, 0.2) is 51.9 Å². The van der Waals surface area contributed by atoms with Crippen LogP contribution in [-0.2, 0) is 6.54 Å². The lowest BCUT2D eigenvalue weighted by atomic mass is 10.1. The Kier molecular flexibility index (Phi) is 4.22. The summed E-state index contributed by atoms with van der Waals surface area (Å²) in [5.41, 5.74) is 2.08. The molecule has 0 amide bonds. The van der Waals surface area contributed by atoms with Gasteiger partial charge in [-0.2, -0.15) is 0 Å². The summed E-state index contributed by atoms with van der Waals surface area (Å²) in [6.45, 7) is 2.10. The van der Waals surface area contributed by atoms with Gasteiger partial charge in [-0.25, -0.2) is 4.98 Å². The summed E-state index contributed by atoms with van der Waals surface area (Å²) in [7, 11) is 0. The summed E-state index contributed by atoms with van der Waals surface area (Å²) < 4.78 is 7.04. The molecule has 0 aliphatic rings. The third-order valence-electron chi connectivity index (χ3n) is 3.92. The molecule has 6 nitrogen and oxygen atoms in total. The van der Waals surface area contributed by atoms with Gasteiger partial charge in [0.15, 0.2) is 0 Å². The van der Waals surface area contributed by atoms with Crippen molar-refractivity contribution in [2.24, 2.45) is 0 Å². The number of nitrogens with zero attached hydrogens (tertiary/aromatic N) is 4. The zero-order chi connectivity index (χ0) is 18.3. The molecule has 0 aliphatic carbocycles. The zero-order valence-electron chi connectivity index (χ0n) is 13.6. The van der Waals surface area contributed by atoms with Gasteiger partial charge in [-0.3, -0.25) is 9.36 Å². The molecule has 130 valence electrons. The van der Waals surface area contributed by atoms with Crippen LogP contribution in [0, 0.1) is 6.92 Å². The molecule has 0 aliphatic heterocycles. The Hall–Kier alpha value is -2.70. The van der Waals surface area contributed by atoms with E-state index in [9.17, 15) is 4.79 Å². The van der Waals surface area contributed by atoms with Crippen LogP contribution in [-0.4, -0.2) is 19.7 Å². The van der Waals surface area contributed by atoms with Gasteiger partial charge in [-0.15, -0.1) is 10.2 Å². The van der Waals surface area contributed by atoms with E-state index >= 15 is 0 Å². The van der Waals surface area contributed by atoms with Gasteiger partial charge in [0, 0.05) is 10.6 Å². The molecule has 0 saturated heterocycles. The highest BCUT2D eigenvalue weighted by Gasteiger charge is 2.13. The van der Waals surface area contributed by atoms with Gasteiger partial charge in [-0.05, 0) is 31.2 Å². The Bertz CT molecular complexity index is 1170. The predicted octanol–water partition coefficient (Wildman–Crippen LogP) is 4.11. The maximum absolute atomic E-state index is 12.7. The number of aromatic nitrogens is 4. The lowest BCUT2D eigenvalue weighted by Gasteiger charge is -2.05. The molecule has 2 aromatic heterocycles. The van der Waals surface area contributed by atoms with Crippen LogP contribution in [0.5, 0.6) is 0 Å². The van der Waals surface area contributed by atoms with Crippen molar-refractivity contribution in [1.29, 1.82) is 0 Å². The highest BCUT2D eigenvalue weighted by atomic mass is 35.5. The van der Waals surface area contributed by atoms with Crippen LogP contribution in [0.25, 0.3) is 22.4 Å². The second kappa shape index (κ2) is 6.55. The van der Waals surface area contributed by atoms with E-state index in [1.807, 2.05) is 31.2 Å². The largest absolute Gasteiger partial charge is 0.419 e. The maximum atomic E-state index is 12.7. The molecule has 0 N–H and O–H groups in total. The first kappa shape index (κ1) is 16.8. The highest BCUT2D eigenvalue weighted by Crippen LogP contribution is 2.24. The number of fused-ring (bicyclic) bond motifs is 1. The lowest BCUT2D eigenvalue weighted by Crippen LogP contribution is -2.21. The van der Waals surface area contributed by atoms with Crippen LogP contribution in [0.4, 0.5) is 0 Å². The van der Waals surface area contributed by atoms with Crippen molar-refractivity contribution in [1.82, 2.24) is 19.7 Å². The average molecular weight is 387 g/mol. The fraction of sp³-hybridized carbons (Fsp3) is 0.111. The van der Waals surface area contributed by atoms with Crippen LogP contribution in [0.1, 0.15) is 11.5 Å². The minimum Gasteiger partial charge on any atom is -0.419 e. The van der Waals surface area contributed by atoms with Crippen LogP contribution >= 0.6 is 23.2 Å². The fourth-order valence-corrected chi connectivity index (χ4v) is 3.13. The second-order valence-corrected chi connectivity index (χ2v) is 6.67. The molecular weight excluding hydrogens is 375 g/mol. The Labute approximate surface area is 158 Å². The molecule has 0 spiro atoms. The van der Waals surface area contributed by atoms with Gasteiger partial charge >= 0.3 is 0 Å². The van der Waals surface area contributed by atoms with Crippen molar-refractivity contribution in [3.8, 4) is 11.5 Å². The molecule has 0 saturated carbocycles. The number of rotatable bonds is 3. The van der Waals surface area contributed by atoms with Gasteiger partial charge in [-0.1, -0.05) is 40.9 Å². The minimum atomic E-state index is -0.283. The Morgan fingerprint density at radius 3 is 2.65 bits per heavy atom. The first-order chi connectivity index (χ1) is 12.5. The van der Waals surface area contributed by atoms with E-state index < -0.39 is 0 Å². The average Bonchev–Trinajstić information content (AvgIpc) is 3.07. The van der Waals surface area contributed by atoms with E-state index in [0.29, 0.717) is 32.7 Å². The third-order valence-corrected chi connectivity index (χ3v) is 4.42. The van der Waals surface area contributed by atoms with E-state index in [0.717, 1.165) is 11.1 Å². The Morgan fingerprint density at radius 2 is 1.88 bits per heavy atom. The van der Waals surface area contributed by atoms with Gasteiger partial charge < -0.3 is 4.42 Å². The standard InChI is InChI=1S/C18H12Cl2N4O2/c1-10-2-4-11(5-3-10)17-23-22-15(26-17)8-24-9-21-16-13(18(24)25)6-12(19)7-14(16)20/h2-7,9H,8H2,1H3. The van der Waals surface area contributed by atoms with E-state index in [2.05, 4.69) is 15.2 Å². The molecule has 0 unspecified atom stereocenters. The summed E-state index contributed by atoms with van der Waals surface area (Å²) in [4.78, 5) is 16.9. The zero-order valence-corrected chi connectivity index (χ0v) is 15.1. The molecule has 4 rings (SSSR count). The number of halogens is 2. The quantitative estimate of drug-likeness (QED) is 0.529. The fourth-order valence-electron chi connectivity index (χ4n) is 2.58. The van der Waals surface area contributed by atoms with Crippen LogP contribution in [0.2, 0.25) is 10.0 Å². The second-order valence-electron chi connectivity index (χ2n) is 5.83. The lowest BCUT2D eigenvalue weighted by molar-refractivity contribution is 0.483.